The number of nitrogens with zero attached hydrogens (tertiary/aromatic N) is 4. The fraction of sp³-hybridized carbons (Fsp3) is 0.214. The summed E-state index contributed by atoms with van der Waals surface area (Å²) in [6, 6.07) is 31.7. The van der Waals surface area contributed by atoms with Crippen molar-refractivity contribution in [1.82, 2.24) is 14.1 Å². The van der Waals surface area contributed by atoms with Crippen molar-refractivity contribution in [2.45, 2.75) is 118 Å². The zero-order valence-corrected chi connectivity index (χ0v) is 56.1. The van der Waals surface area contributed by atoms with Gasteiger partial charge in [0.05, 0.1) is 37.3 Å². The molecule has 458 valence electrons. The molecule has 0 spiro atoms. The van der Waals surface area contributed by atoms with Crippen LogP contribution in [-0.4, -0.2) is 22.2 Å². The molecule has 13 rings (SSSR count). The van der Waals surface area contributed by atoms with Crippen LogP contribution in [0.15, 0.2) is 230 Å². The zero-order chi connectivity index (χ0) is 81.1. The van der Waals surface area contributed by atoms with E-state index in [9.17, 15) is 16.4 Å². The molecule has 0 amide bonds. The SMILES string of the molecule is [2H]c1c([2H])c([2H])c([Si](c2cc(C(C)(C)C)cc(-c3cc(C(C)(C)C)cc(C(C)(C)C)c3)c2-[n+]2[c-]n(-c3[c-]c(Oc4[c-]c5c(cc4)c4ccccc4n5-c4cc(C(C)(C)C)ccn4)ccc3)c3cc(-c4c(C([2H])([2H])[2H])cccc4C([2H])([2H])[2H])ccc32)(c2c([2H])c([2H])c([2H])c([2H])c2[2H])c2c([2H])c([2H])c([2H])c([2H])c2[2H])c([2H])c1[2H].[Pt]. The number of hydrogen-bond donors (Lipinski definition) is 0. The molecule has 91 heavy (non-hydrogen) atoms. The Balaban J connectivity index is 0.0000116. The van der Waals surface area contributed by atoms with Gasteiger partial charge in [0.2, 0.25) is 0 Å². The number of aryl methyl sites for hydroxylation is 2. The average molecular weight is 1410 g/mol. The van der Waals surface area contributed by atoms with Gasteiger partial charge in [0.15, 0.2) is 8.07 Å². The van der Waals surface area contributed by atoms with Crippen LogP contribution in [0, 0.1) is 32.2 Å². The quantitative estimate of drug-likeness (QED) is 0.0560. The van der Waals surface area contributed by atoms with Crippen molar-refractivity contribution < 1.29 is 59.2 Å². The number of imidazole rings is 1. The molecule has 5 nitrogen and oxygen atoms in total. The van der Waals surface area contributed by atoms with Crippen LogP contribution < -0.4 is 30.1 Å². The number of rotatable bonds is 11. The Morgan fingerprint density at radius 3 is 1.67 bits per heavy atom. The van der Waals surface area contributed by atoms with E-state index in [0.717, 1.165) is 33.0 Å². The van der Waals surface area contributed by atoms with E-state index in [1.165, 1.54) is 24.3 Å². The Bertz CT molecular complexity index is 5730. The van der Waals surface area contributed by atoms with Gasteiger partial charge in [-0.15, -0.1) is 29.7 Å². The minimum absolute atomic E-state index is 0. The first-order valence-electron chi connectivity index (χ1n) is 40.5. The first-order valence-corrected chi connectivity index (χ1v) is 32.0. The third kappa shape index (κ3) is 11.6. The number of ether oxygens (including phenoxy) is 1. The Kier molecular flexibility index (Phi) is 10.9. The van der Waals surface area contributed by atoms with E-state index in [1.807, 2.05) is 128 Å². The second-order valence-electron chi connectivity index (χ2n) is 27.0. The molecule has 3 aromatic heterocycles. The van der Waals surface area contributed by atoms with E-state index in [-0.39, 0.29) is 93.4 Å². The molecule has 0 aliphatic carbocycles. The van der Waals surface area contributed by atoms with E-state index in [0.29, 0.717) is 22.5 Å². The molecule has 13 aromatic rings. The maximum absolute atomic E-state index is 10.3. The van der Waals surface area contributed by atoms with E-state index in [1.54, 1.807) is 57.8 Å². The predicted octanol–water partition coefficient (Wildman–Crippen LogP) is 18.1. The topological polar surface area (TPSA) is 35.9 Å². The number of benzene rings is 10. The second-order valence-corrected chi connectivity index (χ2v) is 30.6. The van der Waals surface area contributed by atoms with Gasteiger partial charge >= 0.3 is 0 Å². The van der Waals surface area contributed by atoms with Gasteiger partial charge in [-0.25, -0.2) is 4.98 Å². The van der Waals surface area contributed by atoms with Crippen LogP contribution in [0.1, 0.15) is 145 Å². The Morgan fingerprint density at radius 2 is 1.08 bits per heavy atom. The van der Waals surface area contributed by atoms with Crippen molar-refractivity contribution in [3.05, 3.63) is 282 Å². The molecule has 0 atom stereocenters. The van der Waals surface area contributed by atoms with E-state index in [4.69, 9.17) is 22.1 Å². The van der Waals surface area contributed by atoms with Crippen LogP contribution in [0.3, 0.4) is 0 Å². The summed E-state index contributed by atoms with van der Waals surface area (Å²) in [5, 5.41) is -0.582. The third-order valence-corrected chi connectivity index (χ3v) is 21.0. The van der Waals surface area contributed by atoms with Crippen LogP contribution in [-0.2, 0) is 42.7 Å². The Hall–Kier alpha value is -8.67. The van der Waals surface area contributed by atoms with Crippen LogP contribution in [0.25, 0.3) is 72.3 Å². The monoisotopic (exact) mass is 1400 g/mol. The number of para-hydroxylation sites is 1. The van der Waals surface area contributed by atoms with Gasteiger partial charge in [0.25, 0.3) is 6.33 Å². The maximum Gasteiger partial charge on any atom is 0.268 e. The minimum Gasteiger partial charge on any atom is -0.510 e. The fourth-order valence-electron chi connectivity index (χ4n) is 12.0. The van der Waals surface area contributed by atoms with Crippen molar-refractivity contribution >= 4 is 61.7 Å². The standard InChI is InChI=1S/C84H80N4OSi.Pt/c1-56-28-26-29-57(2)79(56)58-40-43-74-76(48-58)86(64-30-27-31-65(53-64)89-66-41-42-71-70-38-24-25-39-73(70)88(75(71)54-66)78-52-60(44-45-85-78)81(3,4)5)55-87(74)80-72(59-46-61(82(6,7)8)49-62(47-59)83(9,10)11)50-63(84(12,13)14)51-77(80)90(67-32-18-15-19-33-67,68-34-20-16-21-35-68)69-36-22-17-23-37-69;/h15-52H,1-14H3;/q-2;/i1D3,2D3,15D,16D,17D,18D,19D,20D,21D,22D,23D,32D,33D,34D,35D,36D,37D;. The summed E-state index contributed by atoms with van der Waals surface area (Å²) >= 11 is 0. The van der Waals surface area contributed by atoms with Gasteiger partial charge < -0.3 is 13.9 Å². The summed E-state index contributed by atoms with van der Waals surface area (Å²) in [7, 11) is -6.13. The molecule has 0 radical (unpaired) electrons. The van der Waals surface area contributed by atoms with Gasteiger partial charge in [-0.3, -0.25) is 4.57 Å². The molecule has 0 unspecified atom stereocenters. The van der Waals surface area contributed by atoms with Crippen molar-refractivity contribution in [1.29, 1.82) is 0 Å². The molecular weight excluding hydrogens is 1300 g/mol. The van der Waals surface area contributed by atoms with E-state index < -0.39 is 144 Å². The fourth-order valence-corrected chi connectivity index (χ4v) is 16.0. The summed E-state index contributed by atoms with van der Waals surface area (Å²) in [5.41, 5.74) is 2.75. The zero-order valence-electron chi connectivity index (χ0n) is 73.8. The molecule has 0 aliphatic rings. The first-order chi connectivity index (χ1) is 51.6. The van der Waals surface area contributed by atoms with Crippen molar-refractivity contribution in [2.75, 3.05) is 0 Å². The van der Waals surface area contributed by atoms with Crippen LogP contribution >= 0.6 is 0 Å². The molecule has 0 saturated carbocycles. The largest absolute Gasteiger partial charge is 0.510 e. The molecule has 0 bridgehead atoms. The number of hydrogen-bond acceptors (Lipinski definition) is 2. The summed E-state index contributed by atoms with van der Waals surface area (Å²) in [4.78, 5) is 4.86. The molecule has 0 saturated heterocycles. The Labute approximate surface area is 583 Å². The van der Waals surface area contributed by atoms with Crippen LogP contribution in [0.5, 0.6) is 11.5 Å². The summed E-state index contributed by atoms with van der Waals surface area (Å²) < 4.78 is 212. The van der Waals surface area contributed by atoms with Crippen LogP contribution in [0.2, 0.25) is 0 Å². The van der Waals surface area contributed by atoms with Gasteiger partial charge in [-0.2, -0.15) is 18.2 Å². The van der Waals surface area contributed by atoms with Crippen molar-refractivity contribution in [3.63, 3.8) is 0 Å². The third-order valence-electron chi connectivity index (χ3n) is 16.8. The molecule has 3 heterocycles. The number of aromatic nitrogens is 4. The summed E-state index contributed by atoms with van der Waals surface area (Å²) in [6.45, 7) is 18.4. The van der Waals surface area contributed by atoms with Crippen molar-refractivity contribution in [2.24, 2.45) is 0 Å². The first kappa shape index (κ1) is 41.7. The average Bonchev–Trinajstić information content (AvgIpc) is 0.765. The molecule has 0 aliphatic heterocycles. The molecular formula is C84H80N4OPtSi-2. The second kappa shape index (κ2) is 23.9. The molecule has 0 N–H and O–H groups in total. The number of fused-ring (bicyclic) bond motifs is 4. The normalized spacial score (nSPS) is 16.0. The maximum atomic E-state index is 10.3. The van der Waals surface area contributed by atoms with Gasteiger partial charge in [-0.1, -0.05) is 258 Å². The molecule has 7 heteroatoms. The van der Waals surface area contributed by atoms with Crippen LogP contribution in [0.4, 0.5) is 0 Å². The summed E-state index contributed by atoms with van der Waals surface area (Å²) in [5.74, 6) is 1.05. The van der Waals surface area contributed by atoms with Gasteiger partial charge in [-0.05, 0) is 147 Å². The predicted molar refractivity (Wildman–Crippen MR) is 379 cm³/mol. The molecule has 0 fully saturated rings. The number of pyridine rings is 1. The Morgan fingerprint density at radius 1 is 0.505 bits per heavy atom. The van der Waals surface area contributed by atoms with Crippen molar-refractivity contribution in [3.8, 4) is 50.9 Å². The molecule has 10 aromatic carbocycles. The van der Waals surface area contributed by atoms with Gasteiger partial charge in [0.1, 0.15) is 5.82 Å². The van der Waals surface area contributed by atoms with Gasteiger partial charge in [0, 0.05) is 52.5 Å². The van der Waals surface area contributed by atoms with E-state index in [2.05, 4.69) is 45.3 Å². The summed E-state index contributed by atoms with van der Waals surface area (Å²) in [6.07, 6.45) is 5.38. The van der Waals surface area contributed by atoms with E-state index >= 15 is 0 Å². The minimum atomic E-state index is -6.13. The smallest absolute Gasteiger partial charge is 0.268 e.